The van der Waals surface area contributed by atoms with Gasteiger partial charge in [0.05, 0.1) is 24.2 Å². The van der Waals surface area contributed by atoms with Gasteiger partial charge in [0.2, 0.25) is 0 Å². The minimum atomic E-state index is -0.266. The van der Waals surface area contributed by atoms with Crippen LogP contribution < -0.4 is 20.3 Å². The lowest BCUT2D eigenvalue weighted by atomic mass is 9.96. The number of benzene rings is 4. The van der Waals surface area contributed by atoms with E-state index in [-0.39, 0.29) is 24.0 Å². The summed E-state index contributed by atoms with van der Waals surface area (Å²) in [4.78, 5) is 30.7. The number of rotatable bonds is 9. The average Bonchev–Trinajstić information content (AvgIpc) is 3.00. The molecular formula is C34H32N4O4. The molecule has 1 aromatic heterocycles. The van der Waals surface area contributed by atoms with Crippen LogP contribution in [0.5, 0.6) is 11.5 Å². The fraction of sp³-hybridized carbons (Fsp3) is 0.176. The molecule has 1 amide bonds. The van der Waals surface area contributed by atoms with Crippen molar-refractivity contribution in [2.45, 2.75) is 26.7 Å². The Kier molecular flexibility index (Phi) is 8.43. The molecule has 0 unspecified atom stereocenters. The van der Waals surface area contributed by atoms with E-state index in [2.05, 4.69) is 24.3 Å². The fourth-order valence-corrected chi connectivity index (χ4v) is 4.61. The Morgan fingerprint density at radius 1 is 1.00 bits per heavy atom. The van der Waals surface area contributed by atoms with Crippen LogP contribution in [0.15, 0.2) is 101 Å². The van der Waals surface area contributed by atoms with Crippen molar-refractivity contribution in [2.75, 3.05) is 19.0 Å². The van der Waals surface area contributed by atoms with Crippen LogP contribution >= 0.6 is 0 Å². The van der Waals surface area contributed by atoms with Gasteiger partial charge in [-0.3, -0.25) is 9.59 Å². The molecule has 0 aliphatic carbocycles. The normalized spacial score (nSPS) is 11.3. The number of hydrogen-bond acceptors (Lipinski definition) is 6. The molecule has 0 saturated carbocycles. The van der Waals surface area contributed by atoms with Gasteiger partial charge in [0.15, 0.2) is 12.4 Å². The van der Waals surface area contributed by atoms with Gasteiger partial charge in [0.25, 0.3) is 11.5 Å². The lowest BCUT2D eigenvalue weighted by Crippen LogP contribution is -2.21. The number of carbonyl (C=O) groups is 1. The zero-order valence-electron chi connectivity index (χ0n) is 24.0. The van der Waals surface area contributed by atoms with Gasteiger partial charge < -0.3 is 14.8 Å². The molecule has 42 heavy (non-hydrogen) atoms. The predicted octanol–water partition coefficient (Wildman–Crippen LogP) is 6.40. The van der Waals surface area contributed by atoms with Crippen molar-refractivity contribution < 1.29 is 14.3 Å². The highest BCUT2D eigenvalue weighted by Crippen LogP contribution is 2.34. The smallest absolute Gasteiger partial charge is 0.282 e. The Bertz CT molecular complexity index is 1810. The van der Waals surface area contributed by atoms with Crippen molar-refractivity contribution in [3.05, 3.63) is 118 Å². The summed E-state index contributed by atoms with van der Waals surface area (Å²) in [6.07, 6.45) is 1.61. The summed E-state index contributed by atoms with van der Waals surface area (Å²) in [5.74, 6) is 1.73. The van der Waals surface area contributed by atoms with E-state index in [1.807, 2.05) is 79.7 Å². The van der Waals surface area contributed by atoms with Crippen molar-refractivity contribution >= 4 is 28.7 Å². The Hall–Kier alpha value is -5.24. The van der Waals surface area contributed by atoms with Crippen LogP contribution in [-0.4, -0.2) is 35.5 Å². The molecule has 0 bridgehead atoms. The number of aromatic nitrogens is 2. The van der Waals surface area contributed by atoms with E-state index in [4.69, 9.17) is 14.5 Å². The van der Waals surface area contributed by atoms with Crippen molar-refractivity contribution in [2.24, 2.45) is 5.10 Å². The summed E-state index contributed by atoms with van der Waals surface area (Å²) < 4.78 is 12.6. The minimum Gasteiger partial charge on any atom is -0.496 e. The van der Waals surface area contributed by atoms with Gasteiger partial charge >= 0.3 is 0 Å². The van der Waals surface area contributed by atoms with Crippen molar-refractivity contribution in [3.8, 4) is 22.9 Å². The molecule has 212 valence electrons. The number of para-hydroxylation sites is 2. The van der Waals surface area contributed by atoms with E-state index >= 15 is 0 Å². The first-order valence-corrected chi connectivity index (χ1v) is 13.7. The van der Waals surface area contributed by atoms with Crippen molar-refractivity contribution in [3.63, 3.8) is 0 Å². The molecule has 0 aliphatic heterocycles. The molecule has 4 aromatic carbocycles. The van der Waals surface area contributed by atoms with E-state index in [9.17, 15) is 9.59 Å². The number of nitrogens with one attached hydrogen (secondary N) is 1. The van der Waals surface area contributed by atoms with Crippen LogP contribution in [0.1, 0.15) is 36.5 Å². The number of aryl methyl sites for hydroxylation is 1. The Labute approximate surface area is 244 Å². The fourth-order valence-electron chi connectivity index (χ4n) is 4.61. The van der Waals surface area contributed by atoms with Gasteiger partial charge in [-0.2, -0.15) is 9.78 Å². The summed E-state index contributed by atoms with van der Waals surface area (Å²) in [6.45, 7) is 6.04. The number of carbonyl (C=O) groups excluding carboxylic acids is 1. The molecule has 0 fully saturated rings. The summed E-state index contributed by atoms with van der Waals surface area (Å²) in [6, 6.07) is 27.6. The highest BCUT2D eigenvalue weighted by atomic mass is 16.5. The first-order chi connectivity index (χ1) is 20.3. The molecule has 8 heteroatoms. The second kappa shape index (κ2) is 12.5. The van der Waals surface area contributed by atoms with Gasteiger partial charge in [-0.05, 0) is 90.2 Å². The standard InChI is InChI=1S/C34H32N4O4/c1-22(2)28-19-29(23(3)18-31(28)41-4)33-37-30-13-9-8-12-27(30)34(40)38(33)35-20-24-14-16-26(17-15-24)42-21-32(39)36-25-10-6-5-7-11-25/h5-20,22H,21H2,1-4H3,(H,36,39). The van der Waals surface area contributed by atoms with Gasteiger partial charge in [0.1, 0.15) is 11.5 Å². The van der Waals surface area contributed by atoms with Crippen molar-refractivity contribution in [1.29, 1.82) is 0 Å². The number of fused-ring (bicyclic) bond motifs is 1. The number of hydrogen-bond donors (Lipinski definition) is 1. The zero-order valence-corrected chi connectivity index (χ0v) is 24.0. The maximum absolute atomic E-state index is 13.7. The lowest BCUT2D eigenvalue weighted by molar-refractivity contribution is -0.118. The van der Waals surface area contributed by atoms with Crippen LogP contribution in [0.4, 0.5) is 5.69 Å². The Balaban J connectivity index is 1.43. The molecule has 1 heterocycles. The third-order valence-electron chi connectivity index (χ3n) is 6.82. The number of anilines is 1. The largest absolute Gasteiger partial charge is 0.496 e. The third-order valence-corrected chi connectivity index (χ3v) is 6.82. The van der Waals surface area contributed by atoms with Crippen LogP contribution in [0.2, 0.25) is 0 Å². The molecule has 0 aliphatic rings. The number of methoxy groups -OCH3 is 1. The van der Waals surface area contributed by atoms with E-state index in [1.165, 1.54) is 4.68 Å². The predicted molar refractivity (Wildman–Crippen MR) is 167 cm³/mol. The average molecular weight is 561 g/mol. The summed E-state index contributed by atoms with van der Waals surface area (Å²) in [7, 11) is 1.66. The molecule has 1 N–H and O–H groups in total. The Morgan fingerprint density at radius 3 is 2.43 bits per heavy atom. The number of amides is 1. The van der Waals surface area contributed by atoms with Gasteiger partial charge in [-0.15, -0.1) is 0 Å². The van der Waals surface area contributed by atoms with E-state index in [0.29, 0.717) is 28.2 Å². The number of ether oxygens (including phenoxy) is 2. The van der Waals surface area contributed by atoms with Crippen molar-refractivity contribution in [1.82, 2.24) is 9.66 Å². The van der Waals surface area contributed by atoms with Crippen LogP contribution in [0.25, 0.3) is 22.3 Å². The van der Waals surface area contributed by atoms with Gasteiger partial charge in [0, 0.05) is 11.3 Å². The molecule has 0 spiro atoms. The quantitative estimate of drug-likeness (QED) is 0.211. The zero-order chi connectivity index (χ0) is 29.6. The van der Waals surface area contributed by atoms with Gasteiger partial charge in [-0.1, -0.05) is 44.2 Å². The first-order valence-electron chi connectivity index (χ1n) is 13.7. The maximum Gasteiger partial charge on any atom is 0.282 e. The first kappa shape index (κ1) is 28.3. The number of nitrogens with zero attached hydrogens (tertiary/aromatic N) is 3. The van der Waals surface area contributed by atoms with E-state index in [1.54, 1.807) is 31.5 Å². The highest BCUT2D eigenvalue weighted by Gasteiger charge is 2.18. The lowest BCUT2D eigenvalue weighted by Gasteiger charge is -2.17. The SMILES string of the molecule is COc1cc(C)c(-c2nc3ccccc3c(=O)n2N=Cc2ccc(OCC(=O)Nc3ccccc3)cc2)cc1C(C)C. The second-order valence-corrected chi connectivity index (χ2v) is 10.1. The summed E-state index contributed by atoms with van der Waals surface area (Å²) in [5, 5.41) is 7.86. The molecule has 5 rings (SSSR count). The highest BCUT2D eigenvalue weighted by molar-refractivity contribution is 5.91. The molecule has 5 aromatic rings. The van der Waals surface area contributed by atoms with Crippen LogP contribution in [0, 0.1) is 6.92 Å². The second-order valence-electron chi connectivity index (χ2n) is 10.1. The summed E-state index contributed by atoms with van der Waals surface area (Å²) in [5.41, 5.74) is 4.53. The Morgan fingerprint density at radius 2 is 1.71 bits per heavy atom. The molecule has 0 atom stereocenters. The van der Waals surface area contributed by atoms with E-state index < -0.39 is 0 Å². The molecule has 0 saturated heterocycles. The summed E-state index contributed by atoms with van der Waals surface area (Å²) >= 11 is 0. The topological polar surface area (TPSA) is 94.8 Å². The van der Waals surface area contributed by atoms with Crippen LogP contribution in [-0.2, 0) is 4.79 Å². The molecule has 0 radical (unpaired) electrons. The third kappa shape index (κ3) is 6.23. The monoisotopic (exact) mass is 560 g/mol. The minimum absolute atomic E-state index is 0.122. The molecular weight excluding hydrogens is 528 g/mol. The molecule has 8 nitrogen and oxygen atoms in total. The van der Waals surface area contributed by atoms with E-state index in [0.717, 1.165) is 28.0 Å². The van der Waals surface area contributed by atoms with Crippen LogP contribution in [0.3, 0.4) is 0 Å². The van der Waals surface area contributed by atoms with Gasteiger partial charge in [-0.25, -0.2) is 4.98 Å². The maximum atomic E-state index is 13.7.